The number of hydrogen-bond donors (Lipinski definition) is 0. The molecule has 7 rings (SSSR count). The molecule has 7 heteroatoms. The molecule has 0 amide bonds. The monoisotopic (exact) mass is 432 g/mol. The van der Waals surface area contributed by atoms with Crippen molar-refractivity contribution in [2.24, 2.45) is 0 Å². The van der Waals surface area contributed by atoms with Crippen molar-refractivity contribution >= 4 is 50.8 Å². The Morgan fingerprint density at radius 3 is 1.97 bits per heavy atom. The molecule has 0 saturated carbocycles. The number of carbonyl (C=O) groups excluding carboxylic acids is 2. The lowest BCUT2D eigenvalue weighted by Gasteiger charge is -2.00. The minimum atomic E-state index is -0.355. The summed E-state index contributed by atoms with van der Waals surface area (Å²) < 4.78 is 17.1. The Balaban J connectivity index is 1.26. The Morgan fingerprint density at radius 2 is 1.30 bits per heavy atom. The molecule has 0 aliphatic heterocycles. The van der Waals surface area contributed by atoms with Crippen molar-refractivity contribution in [3.05, 3.63) is 89.3 Å². The molecular formula is C26H12N2O5. The van der Waals surface area contributed by atoms with Crippen molar-refractivity contribution in [1.29, 1.82) is 0 Å². The molecule has 0 N–H and O–H groups in total. The van der Waals surface area contributed by atoms with E-state index in [0.717, 1.165) is 16.2 Å². The first-order valence-electron chi connectivity index (χ1n) is 10.2. The Kier molecular flexibility index (Phi) is 3.44. The van der Waals surface area contributed by atoms with Gasteiger partial charge in [-0.1, -0.05) is 42.5 Å². The van der Waals surface area contributed by atoms with Gasteiger partial charge in [-0.3, -0.25) is 9.59 Å². The minimum absolute atomic E-state index is 0.00159. The highest BCUT2D eigenvalue weighted by Crippen LogP contribution is 2.33. The molecule has 7 nitrogen and oxygen atoms in total. The zero-order valence-corrected chi connectivity index (χ0v) is 16.9. The van der Waals surface area contributed by atoms with Crippen LogP contribution in [-0.2, 0) is 0 Å². The molecular weight excluding hydrogens is 420 g/mol. The smallest absolute Gasteiger partial charge is 0.288 e. The number of benzene rings is 3. The lowest BCUT2D eigenvalue weighted by Crippen LogP contribution is -2.00. The molecule has 0 unspecified atom stereocenters. The van der Waals surface area contributed by atoms with E-state index in [4.69, 9.17) is 13.3 Å². The normalized spacial score (nSPS) is 13.5. The quantitative estimate of drug-likeness (QED) is 0.250. The minimum Gasteiger partial charge on any atom is -0.451 e. The number of hydrogen-bond acceptors (Lipinski definition) is 7. The average Bonchev–Trinajstić information content (AvgIpc) is 3.57. The first-order chi connectivity index (χ1) is 16.1. The highest BCUT2D eigenvalue weighted by Gasteiger charge is 2.34. The fourth-order valence-corrected chi connectivity index (χ4v) is 4.18. The van der Waals surface area contributed by atoms with Gasteiger partial charge in [0, 0.05) is 22.6 Å². The van der Waals surface area contributed by atoms with Gasteiger partial charge in [-0.25, -0.2) is 0 Å². The van der Waals surface area contributed by atoms with E-state index in [1.807, 2.05) is 54.6 Å². The fourth-order valence-electron chi connectivity index (χ4n) is 4.18. The molecule has 3 aromatic carbocycles. The van der Waals surface area contributed by atoms with Crippen molar-refractivity contribution in [2.45, 2.75) is 0 Å². The van der Waals surface area contributed by atoms with Crippen molar-refractivity contribution in [2.75, 3.05) is 0 Å². The van der Waals surface area contributed by atoms with Crippen LogP contribution < -0.4 is 0 Å². The molecule has 0 radical (unpaired) electrons. The molecule has 1 aliphatic rings. The topological polar surface area (TPSA) is 99.3 Å². The maximum atomic E-state index is 12.9. The Bertz CT molecular complexity index is 1690. The lowest BCUT2D eigenvalue weighted by atomic mass is 10.0. The second-order valence-electron chi connectivity index (χ2n) is 7.79. The molecule has 6 aromatic rings. The first-order valence-corrected chi connectivity index (χ1v) is 10.2. The summed E-state index contributed by atoms with van der Waals surface area (Å²) >= 11 is 0. The van der Waals surface area contributed by atoms with Crippen molar-refractivity contribution in [3.8, 4) is 11.7 Å². The summed E-state index contributed by atoms with van der Waals surface area (Å²) in [6, 6.07) is 20.5. The fraction of sp³-hybridized carbons (Fsp3) is 0. The second kappa shape index (κ2) is 6.37. The maximum absolute atomic E-state index is 12.9. The number of ketones is 2. The molecule has 0 saturated heterocycles. The molecule has 0 bridgehead atoms. The Labute approximate surface area is 185 Å². The molecule has 0 atom stereocenters. The molecule has 3 aromatic heterocycles. The number of carbonyl (C=O) groups is 2. The van der Waals surface area contributed by atoms with E-state index in [2.05, 4.69) is 9.97 Å². The number of furan rings is 1. The lowest BCUT2D eigenvalue weighted by molar-refractivity contribution is 0.0990. The molecule has 156 valence electrons. The van der Waals surface area contributed by atoms with Gasteiger partial charge in [0.1, 0.15) is 5.58 Å². The third kappa shape index (κ3) is 2.62. The van der Waals surface area contributed by atoms with Crippen LogP contribution in [0.1, 0.15) is 26.6 Å². The van der Waals surface area contributed by atoms with Crippen LogP contribution in [-0.4, -0.2) is 21.5 Å². The van der Waals surface area contributed by atoms with Gasteiger partial charge >= 0.3 is 0 Å². The van der Waals surface area contributed by atoms with Gasteiger partial charge < -0.3 is 13.3 Å². The summed E-state index contributed by atoms with van der Waals surface area (Å²) in [5, 5.41) is 2.72. The van der Waals surface area contributed by atoms with E-state index in [1.165, 1.54) is 6.08 Å². The first kappa shape index (κ1) is 17.9. The van der Waals surface area contributed by atoms with Crippen LogP contribution in [0, 0.1) is 0 Å². The zero-order valence-electron chi connectivity index (χ0n) is 16.9. The van der Waals surface area contributed by atoms with Crippen LogP contribution >= 0.6 is 0 Å². The molecule has 0 spiro atoms. The van der Waals surface area contributed by atoms with Gasteiger partial charge in [-0.05, 0) is 35.0 Å². The number of para-hydroxylation sites is 1. The standard InChI is InChI=1S/C26H12N2O5/c29-22-16-9-13-5-1-2-6-14(13)10-17(16)23(30)18(22)12-21-27-25-26(32-21)28-24(33-25)20-11-15-7-3-4-8-19(15)31-20/h1-12H. The summed E-state index contributed by atoms with van der Waals surface area (Å²) in [6.07, 6.45) is 1.34. The molecule has 33 heavy (non-hydrogen) atoms. The van der Waals surface area contributed by atoms with E-state index in [1.54, 1.807) is 12.1 Å². The summed E-state index contributed by atoms with van der Waals surface area (Å²) in [6.45, 7) is 0. The number of oxazole rings is 2. The van der Waals surface area contributed by atoms with Crippen LogP contribution in [0.2, 0.25) is 0 Å². The zero-order chi connectivity index (χ0) is 22.1. The van der Waals surface area contributed by atoms with Gasteiger partial charge in [0.2, 0.25) is 5.89 Å². The third-order valence-electron chi connectivity index (χ3n) is 5.76. The Morgan fingerprint density at radius 1 is 0.667 bits per heavy atom. The van der Waals surface area contributed by atoms with Crippen LogP contribution in [0.4, 0.5) is 0 Å². The number of nitrogens with zero attached hydrogens (tertiary/aromatic N) is 2. The molecule has 0 fully saturated rings. The number of allylic oxidation sites excluding steroid dienone is 1. The Hall–Kier alpha value is -4.78. The van der Waals surface area contributed by atoms with Crippen LogP contribution in [0.25, 0.3) is 50.9 Å². The van der Waals surface area contributed by atoms with Crippen LogP contribution in [0.15, 0.2) is 85.6 Å². The number of rotatable bonds is 2. The van der Waals surface area contributed by atoms with E-state index in [-0.39, 0.29) is 40.3 Å². The number of fused-ring (bicyclic) bond motifs is 4. The van der Waals surface area contributed by atoms with E-state index >= 15 is 0 Å². The van der Waals surface area contributed by atoms with E-state index in [9.17, 15) is 9.59 Å². The van der Waals surface area contributed by atoms with Crippen molar-refractivity contribution in [3.63, 3.8) is 0 Å². The highest BCUT2D eigenvalue weighted by molar-refractivity contribution is 6.42. The SMILES string of the molecule is O=C1C(=Cc2nc3oc(-c4cc5ccccc5o4)nc3o2)C(=O)c2cc3ccccc3cc21. The highest BCUT2D eigenvalue weighted by atomic mass is 16.4. The van der Waals surface area contributed by atoms with Crippen LogP contribution in [0.3, 0.4) is 0 Å². The summed E-state index contributed by atoms with van der Waals surface area (Å²) in [4.78, 5) is 34.4. The van der Waals surface area contributed by atoms with Crippen molar-refractivity contribution < 1.29 is 22.8 Å². The predicted octanol–water partition coefficient (Wildman–Crippen LogP) is 5.84. The van der Waals surface area contributed by atoms with Gasteiger partial charge in [-0.2, -0.15) is 9.97 Å². The predicted molar refractivity (Wildman–Crippen MR) is 120 cm³/mol. The largest absolute Gasteiger partial charge is 0.451 e. The van der Waals surface area contributed by atoms with Gasteiger partial charge in [0.25, 0.3) is 17.3 Å². The van der Waals surface area contributed by atoms with Gasteiger partial charge in [0.05, 0.1) is 5.57 Å². The summed E-state index contributed by atoms with van der Waals surface area (Å²) in [7, 11) is 0. The average molecular weight is 432 g/mol. The molecule has 3 heterocycles. The summed E-state index contributed by atoms with van der Waals surface area (Å²) in [5.41, 5.74) is 1.78. The second-order valence-corrected chi connectivity index (χ2v) is 7.79. The molecule has 1 aliphatic carbocycles. The number of aromatic nitrogens is 2. The van der Waals surface area contributed by atoms with Crippen molar-refractivity contribution in [1.82, 2.24) is 9.97 Å². The third-order valence-corrected chi connectivity index (χ3v) is 5.76. The van der Waals surface area contributed by atoms with Gasteiger partial charge in [-0.15, -0.1) is 0 Å². The maximum Gasteiger partial charge on any atom is 0.288 e. The summed E-state index contributed by atoms with van der Waals surface area (Å²) in [5.74, 6) is 0.0474. The van der Waals surface area contributed by atoms with Crippen LogP contribution in [0.5, 0.6) is 0 Å². The number of Topliss-reactive ketones (excluding diaryl/α,β-unsaturated/α-hetero) is 2. The van der Waals surface area contributed by atoms with E-state index < -0.39 is 0 Å². The van der Waals surface area contributed by atoms with E-state index in [0.29, 0.717) is 22.5 Å². The van der Waals surface area contributed by atoms with Gasteiger partial charge in [0.15, 0.2) is 17.3 Å².